The van der Waals surface area contributed by atoms with Crippen LogP contribution in [0.4, 0.5) is 27.6 Å². The van der Waals surface area contributed by atoms with Crippen LogP contribution >= 0.6 is 0 Å². The maximum absolute atomic E-state index is 14.8. The van der Waals surface area contributed by atoms with E-state index in [1.54, 1.807) is 6.92 Å². The van der Waals surface area contributed by atoms with E-state index in [0.29, 0.717) is 50.7 Å². The summed E-state index contributed by atoms with van der Waals surface area (Å²) in [6, 6.07) is 3.62. The van der Waals surface area contributed by atoms with Crippen molar-refractivity contribution in [1.29, 1.82) is 0 Å². The largest absolute Gasteiger partial charge is 0.496 e. The summed E-state index contributed by atoms with van der Waals surface area (Å²) in [5.74, 6) is -5.55. The molecule has 2 aliphatic carbocycles. The van der Waals surface area contributed by atoms with Gasteiger partial charge in [0.2, 0.25) is 5.91 Å². The Morgan fingerprint density at radius 1 is 0.976 bits per heavy atom. The van der Waals surface area contributed by atoms with Crippen LogP contribution in [0.5, 0.6) is 11.5 Å². The molecule has 2 aromatic rings. The van der Waals surface area contributed by atoms with Gasteiger partial charge in [0.05, 0.1) is 35.7 Å². The molecule has 0 saturated heterocycles. The molecule has 3 N–H and O–H groups in total. The van der Waals surface area contributed by atoms with Gasteiger partial charge in [0.25, 0.3) is 5.91 Å². The first-order chi connectivity index (χ1) is 19.2. The van der Waals surface area contributed by atoms with Gasteiger partial charge in [-0.25, -0.2) is 8.78 Å². The molecular weight excluding hydrogens is 555 g/mol. The number of nitrogens with one attached hydrogen (secondary N) is 2. The second-order valence-electron chi connectivity index (χ2n) is 10.6. The van der Waals surface area contributed by atoms with Gasteiger partial charge in [-0.3, -0.25) is 14.4 Å². The highest BCUT2D eigenvalue weighted by Gasteiger charge is 2.40. The van der Waals surface area contributed by atoms with Crippen molar-refractivity contribution < 1.29 is 50.9 Å². The Bertz CT molecular complexity index is 1340. The third kappa shape index (κ3) is 6.54. The molecule has 0 spiro atoms. The number of aliphatic carboxylic acids is 1. The molecule has 0 bridgehead atoms. The number of hydrogen-bond donors (Lipinski definition) is 3. The molecule has 8 nitrogen and oxygen atoms in total. The molecule has 2 aliphatic rings. The van der Waals surface area contributed by atoms with E-state index in [1.165, 1.54) is 13.2 Å². The molecule has 41 heavy (non-hydrogen) atoms. The molecule has 2 fully saturated rings. The Kier molecular flexibility index (Phi) is 8.46. The van der Waals surface area contributed by atoms with Gasteiger partial charge in [-0.15, -0.1) is 0 Å². The topological polar surface area (TPSA) is 114 Å². The molecule has 13 heteroatoms. The number of alkyl halides is 3. The average molecular weight is 585 g/mol. The van der Waals surface area contributed by atoms with Crippen LogP contribution in [-0.4, -0.2) is 42.1 Å². The number of rotatable bonds is 8. The minimum Gasteiger partial charge on any atom is -0.496 e. The summed E-state index contributed by atoms with van der Waals surface area (Å²) in [4.78, 5) is 37.3. The normalized spacial score (nSPS) is 24.1. The van der Waals surface area contributed by atoms with Crippen molar-refractivity contribution in [3.63, 3.8) is 0 Å². The van der Waals surface area contributed by atoms with Gasteiger partial charge in [-0.05, 0) is 69.7 Å². The molecule has 222 valence electrons. The molecule has 0 radical (unpaired) electrons. The average Bonchev–Trinajstić information content (AvgIpc) is 2.89. The molecule has 2 saturated carbocycles. The second kappa shape index (κ2) is 11.5. The zero-order chi connectivity index (χ0) is 30.1. The number of carboxylic acid groups (broad SMARTS) is 1. The molecular formula is C28H29F5N2O6. The van der Waals surface area contributed by atoms with Gasteiger partial charge in [-0.1, -0.05) is 0 Å². The molecule has 2 aromatic carbocycles. The highest BCUT2D eigenvalue weighted by Crippen LogP contribution is 2.39. The zero-order valence-electron chi connectivity index (χ0n) is 22.2. The number of hydrogen-bond acceptors (Lipinski definition) is 5. The summed E-state index contributed by atoms with van der Waals surface area (Å²) in [6.45, 7) is 1.65. The van der Waals surface area contributed by atoms with Crippen LogP contribution in [-0.2, 0) is 15.8 Å². The molecule has 2 unspecified atom stereocenters. The minimum absolute atomic E-state index is 0.0607. The Labute approximate surface area is 232 Å². The van der Waals surface area contributed by atoms with Gasteiger partial charge in [0.15, 0.2) is 11.6 Å². The van der Waals surface area contributed by atoms with Crippen LogP contribution in [0.3, 0.4) is 0 Å². The van der Waals surface area contributed by atoms with E-state index >= 15 is 0 Å². The first kappa shape index (κ1) is 30.1. The van der Waals surface area contributed by atoms with Gasteiger partial charge < -0.3 is 25.2 Å². The number of anilines is 1. The van der Waals surface area contributed by atoms with Crippen LogP contribution < -0.4 is 20.1 Å². The van der Waals surface area contributed by atoms with Gasteiger partial charge in [0.1, 0.15) is 11.6 Å². The number of carbonyl (C=O) groups is 3. The van der Waals surface area contributed by atoms with Crippen molar-refractivity contribution in [2.45, 2.75) is 63.8 Å². The van der Waals surface area contributed by atoms with Crippen LogP contribution in [0.25, 0.3) is 0 Å². The molecule has 2 atom stereocenters. The number of ether oxygens (including phenoxy) is 2. The van der Waals surface area contributed by atoms with Crippen molar-refractivity contribution in [2.24, 2.45) is 11.3 Å². The van der Waals surface area contributed by atoms with Gasteiger partial charge >= 0.3 is 12.1 Å². The van der Waals surface area contributed by atoms with Crippen LogP contribution in [0.15, 0.2) is 30.3 Å². The smallest absolute Gasteiger partial charge is 0.419 e. The lowest BCUT2D eigenvalue weighted by Crippen LogP contribution is -2.51. The summed E-state index contributed by atoms with van der Waals surface area (Å²) in [6.07, 6.45) is -3.19. The Morgan fingerprint density at radius 3 is 2.22 bits per heavy atom. The summed E-state index contributed by atoms with van der Waals surface area (Å²) < 4.78 is 78.3. The lowest BCUT2D eigenvalue weighted by Gasteiger charge is -2.36. The highest BCUT2D eigenvalue weighted by molar-refractivity contribution is 5.99. The maximum Gasteiger partial charge on any atom is 0.419 e. The van der Waals surface area contributed by atoms with E-state index < -0.39 is 64.6 Å². The molecule has 0 aliphatic heterocycles. The predicted molar refractivity (Wildman–Crippen MR) is 136 cm³/mol. The fourth-order valence-corrected chi connectivity index (χ4v) is 5.00. The summed E-state index contributed by atoms with van der Waals surface area (Å²) >= 11 is 0. The Morgan fingerprint density at radius 2 is 1.66 bits per heavy atom. The molecule has 2 amide bonds. The second-order valence-corrected chi connectivity index (χ2v) is 10.6. The van der Waals surface area contributed by atoms with Crippen LogP contribution in [0.2, 0.25) is 0 Å². The number of carbonyl (C=O) groups excluding carboxylic acids is 2. The lowest BCUT2D eigenvalue weighted by atomic mass is 9.75. The van der Waals surface area contributed by atoms with E-state index in [0.717, 1.165) is 12.1 Å². The van der Waals surface area contributed by atoms with Crippen molar-refractivity contribution in [2.75, 3.05) is 12.4 Å². The van der Waals surface area contributed by atoms with Crippen molar-refractivity contribution in [3.05, 3.63) is 53.1 Å². The first-order valence-corrected chi connectivity index (χ1v) is 13.0. The first-order valence-electron chi connectivity index (χ1n) is 13.0. The number of amides is 2. The van der Waals surface area contributed by atoms with E-state index in [1.807, 2.05) is 0 Å². The predicted octanol–water partition coefficient (Wildman–Crippen LogP) is 5.55. The molecule has 0 aromatic heterocycles. The minimum atomic E-state index is -4.94. The third-order valence-electron chi connectivity index (χ3n) is 7.81. The van der Waals surface area contributed by atoms with E-state index in [-0.39, 0.29) is 22.7 Å². The standard InChI is InChI=1S/C28H29F5N2O6/c1-27(26(38)39)9-7-15(8-10-27)41-23-12-17(22(40-2)13-20(23)30)25(37)35-21-6-4-16(21)24(36)34-14-3-5-19(29)18(11-14)28(31,32)33/h3,5,11-13,15-16,21H,4,6-10H2,1-2H3,(H,34,36)(H,35,37)(H,38,39). The van der Waals surface area contributed by atoms with Gasteiger partial charge in [0, 0.05) is 17.8 Å². The Hall–Kier alpha value is -3.90. The fraction of sp³-hybridized carbons (Fsp3) is 0.464. The lowest BCUT2D eigenvalue weighted by molar-refractivity contribution is -0.150. The number of carboxylic acids is 1. The Balaban J connectivity index is 1.42. The summed E-state index contributed by atoms with van der Waals surface area (Å²) in [5.41, 5.74) is -2.70. The van der Waals surface area contributed by atoms with Crippen molar-refractivity contribution in [1.82, 2.24) is 5.32 Å². The summed E-state index contributed by atoms with van der Waals surface area (Å²) in [7, 11) is 1.25. The van der Waals surface area contributed by atoms with Gasteiger partial charge in [-0.2, -0.15) is 13.2 Å². The monoisotopic (exact) mass is 584 g/mol. The van der Waals surface area contributed by atoms with E-state index in [4.69, 9.17) is 9.47 Å². The van der Waals surface area contributed by atoms with Crippen LogP contribution in [0.1, 0.15) is 61.4 Å². The third-order valence-corrected chi connectivity index (χ3v) is 7.81. The molecule has 4 rings (SSSR count). The number of halogens is 5. The van der Waals surface area contributed by atoms with Crippen molar-refractivity contribution in [3.8, 4) is 11.5 Å². The zero-order valence-corrected chi connectivity index (χ0v) is 22.2. The number of methoxy groups -OCH3 is 1. The van der Waals surface area contributed by atoms with Crippen LogP contribution in [0, 0.1) is 23.0 Å². The fourth-order valence-electron chi connectivity index (χ4n) is 5.00. The maximum atomic E-state index is 14.8. The SMILES string of the molecule is COc1cc(F)c(OC2CCC(C)(C(=O)O)CC2)cc1C(=O)NC1CCC1C(=O)Nc1ccc(F)c(C(F)(F)F)c1. The quantitative estimate of drug-likeness (QED) is 0.351. The van der Waals surface area contributed by atoms with E-state index in [2.05, 4.69) is 10.6 Å². The summed E-state index contributed by atoms with van der Waals surface area (Å²) in [5, 5.41) is 14.4. The van der Waals surface area contributed by atoms with E-state index in [9.17, 15) is 41.4 Å². The highest BCUT2D eigenvalue weighted by atomic mass is 19.4. The number of benzene rings is 2. The molecule has 0 heterocycles. The van der Waals surface area contributed by atoms with Crippen molar-refractivity contribution >= 4 is 23.5 Å².